The first-order valence-electron chi connectivity index (χ1n) is 6.75. The van der Waals surface area contributed by atoms with E-state index in [-0.39, 0.29) is 0 Å². The van der Waals surface area contributed by atoms with Crippen molar-refractivity contribution in [1.82, 2.24) is 0 Å². The Morgan fingerprint density at radius 2 is 1.80 bits per heavy atom. The minimum absolute atomic E-state index is 0.909. The lowest BCUT2D eigenvalue weighted by Gasteiger charge is -2.04. The van der Waals surface area contributed by atoms with Gasteiger partial charge in [-0.1, -0.05) is 39.0 Å². The molecule has 1 heteroatoms. The Morgan fingerprint density at radius 3 is 2.40 bits per heavy atom. The van der Waals surface area contributed by atoms with Crippen LogP contribution in [-0.4, -0.2) is 6.61 Å². The Morgan fingerprint density at radius 1 is 1.13 bits per heavy atom. The maximum Gasteiger partial charge on any atom is 0.0873 e. The molecule has 0 amide bonds. The van der Waals surface area contributed by atoms with Gasteiger partial charge in [-0.2, -0.15) is 0 Å². The molecular weight excluding hydrogens is 184 g/mol. The van der Waals surface area contributed by atoms with E-state index in [1.54, 1.807) is 5.57 Å². The van der Waals surface area contributed by atoms with E-state index < -0.39 is 0 Å². The second-order valence-electron chi connectivity index (χ2n) is 5.05. The van der Waals surface area contributed by atoms with Crippen LogP contribution in [0.25, 0.3) is 0 Å². The fourth-order valence-corrected chi connectivity index (χ4v) is 2.78. The summed E-state index contributed by atoms with van der Waals surface area (Å²) in [5, 5.41) is 0. The lowest BCUT2D eigenvalue weighted by molar-refractivity contribution is 0.242. The zero-order valence-electron chi connectivity index (χ0n) is 10.0. The molecule has 0 aromatic rings. The highest BCUT2D eigenvalue weighted by atomic mass is 16.5. The summed E-state index contributed by atoms with van der Waals surface area (Å²) in [7, 11) is 0. The maximum absolute atomic E-state index is 5.61. The number of allylic oxidation sites excluding steroid dienone is 1. The molecule has 2 aliphatic carbocycles. The molecule has 2 saturated carbocycles. The van der Waals surface area contributed by atoms with Gasteiger partial charge in [-0.05, 0) is 36.7 Å². The number of rotatable bonds is 4. The van der Waals surface area contributed by atoms with Gasteiger partial charge in [0.25, 0.3) is 0 Å². The molecule has 2 rings (SSSR count). The van der Waals surface area contributed by atoms with Gasteiger partial charge >= 0.3 is 0 Å². The first-order chi connectivity index (χ1) is 7.43. The van der Waals surface area contributed by atoms with Crippen molar-refractivity contribution in [1.29, 1.82) is 0 Å². The van der Waals surface area contributed by atoms with Crippen LogP contribution in [-0.2, 0) is 4.74 Å². The average molecular weight is 208 g/mol. The molecule has 86 valence electrons. The van der Waals surface area contributed by atoms with Gasteiger partial charge in [0.1, 0.15) is 0 Å². The molecule has 0 spiro atoms. The summed E-state index contributed by atoms with van der Waals surface area (Å²) in [5.74, 6) is 1.82. The molecule has 0 aromatic carbocycles. The molecule has 0 N–H and O–H groups in total. The van der Waals surface area contributed by atoms with Gasteiger partial charge in [0.15, 0.2) is 0 Å². The molecule has 0 heterocycles. The van der Waals surface area contributed by atoms with Crippen LogP contribution in [0.15, 0.2) is 11.8 Å². The smallest absolute Gasteiger partial charge is 0.0873 e. The van der Waals surface area contributed by atoms with E-state index in [4.69, 9.17) is 4.74 Å². The Kier molecular flexibility index (Phi) is 4.10. The van der Waals surface area contributed by atoms with Crippen molar-refractivity contribution in [2.24, 2.45) is 11.8 Å². The van der Waals surface area contributed by atoms with Gasteiger partial charge in [-0.25, -0.2) is 0 Å². The molecular formula is C14H24O. The summed E-state index contributed by atoms with van der Waals surface area (Å²) in [6, 6.07) is 0. The summed E-state index contributed by atoms with van der Waals surface area (Å²) in [6.45, 7) is 3.13. The van der Waals surface area contributed by atoms with Crippen molar-refractivity contribution in [3.63, 3.8) is 0 Å². The molecule has 0 bridgehead atoms. The third-order valence-electron chi connectivity index (χ3n) is 3.85. The van der Waals surface area contributed by atoms with Crippen molar-refractivity contribution >= 4 is 0 Å². The summed E-state index contributed by atoms with van der Waals surface area (Å²) in [6.07, 6.45) is 13.1. The number of ether oxygens (including phenoxy) is 1. The molecule has 0 aliphatic heterocycles. The molecule has 0 aromatic heterocycles. The number of hydrogen-bond acceptors (Lipinski definition) is 1. The first kappa shape index (κ1) is 11.0. The maximum atomic E-state index is 5.61. The molecule has 2 atom stereocenters. The predicted molar refractivity (Wildman–Crippen MR) is 63.6 cm³/mol. The second kappa shape index (κ2) is 5.58. The van der Waals surface area contributed by atoms with Gasteiger partial charge < -0.3 is 4.74 Å². The quantitative estimate of drug-likeness (QED) is 0.495. The summed E-state index contributed by atoms with van der Waals surface area (Å²) in [5.41, 5.74) is 1.63. The third kappa shape index (κ3) is 2.99. The molecule has 0 radical (unpaired) electrons. The second-order valence-corrected chi connectivity index (χ2v) is 5.05. The Labute approximate surface area is 93.9 Å². The van der Waals surface area contributed by atoms with Crippen LogP contribution < -0.4 is 0 Å². The monoisotopic (exact) mass is 208 g/mol. The van der Waals surface area contributed by atoms with Gasteiger partial charge in [-0.15, -0.1) is 0 Å². The van der Waals surface area contributed by atoms with Crippen LogP contribution in [0, 0.1) is 11.8 Å². The van der Waals surface area contributed by atoms with E-state index in [0.29, 0.717) is 0 Å². The van der Waals surface area contributed by atoms with Crippen molar-refractivity contribution in [2.45, 2.75) is 58.3 Å². The van der Waals surface area contributed by atoms with Crippen LogP contribution in [0.2, 0.25) is 0 Å². The first-order valence-corrected chi connectivity index (χ1v) is 6.75. The number of hydrogen-bond donors (Lipinski definition) is 0. The van der Waals surface area contributed by atoms with Gasteiger partial charge in [0, 0.05) is 0 Å². The largest absolute Gasteiger partial charge is 0.501 e. The van der Waals surface area contributed by atoms with E-state index in [0.717, 1.165) is 18.4 Å². The Balaban J connectivity index is 1.74. The van der Waals surface area contributed by atoms with Crippen molar-refractivity contribution in [3.05, 3.63) is 11.8 Å². The minimum atomic E-state index is 0.909. The lowest BCUT2D eigenvalue weighted by atomic mass is 10.0. The van der Waals surface area contributed by atoms with E-state index in [2.05, 4.69) is 13.2 Å². The van der Waals surface area contributed by atoms with Crippen LogP contribution in [0.3, 0.4) is 0 Å². The van der Waals surface area contributed by atoms with Crippen LogP contribution >= 0.6 is 0 Å². The minimum Gasteiger partial charge on any atom is -0.501 e. The molecule has 2 aliphatic rings. The van der Waals surface area contributed by atoms with Gasteiger partial charge in [-0.3, -0.25) is 0 Å². The topological polar surface area (TPSA) is 9.23 Å². The third-order valence-corrected chi connectivity index (χ3v) is 3.85. The van der Waals surface area contributed by atoms with Crippen molar-refractivity contribution < 1.29 is 4.74 Å². The highest BCUT2D eigenvalue weighted by Gasteiger charge is 2.43. The van der Waals surface area contributed by atoms with Crippen LogP contribution in [0.5, 0.6) is 0 Å². The van der Waals surface area contributed by atoms with Crippen LogP contribution in [0.1, 0.15) is 58.3 Å². The van der Waals surface area contributed by atoms with Gasteiger partial charge in [0.05, 0.1) is 12.9 Å². The van der Waals surface area contributed by atoms with E-state index in [1.807, 2.05) is 0 Å². The Hall–Kier alpha value is -0.460. The average Bonchev–Trinajstić information content (AvgIpc) is 2.83. The van der Waals surface area contributed by atoms with Crippen LogP contribution in [0.4, 0.5) is 0 Å². The summed E-state index contributed by atoms with van der Waals surface area (Å²) >= 11 is 0. The molecule has 15 heavy (non-hydrogen) atoms. The highest BCUT2D eigenvalue weighted by molar-refractivity contribution is 5.27. The van der Waals surface area contributed by atoms with E-state index in [1.165, 1.54) is 51.4 Å². The zero-order chi connectivity index (χ0) is 10.5. The Bertz CT molecular complexity index is 203. The fraction of sp³-hybridized carbons (Fsp3) is 0.857. The standard InChI is InChI=1S/C14H24O/c1-2-3-10-15-11-14-12-8-6-4-5-7-9-13(12)14/h11-13H,2-10H2,1H3. The van der Waals surface area contributed by atoms with E-state index >= 15 is 0 Å². The fourth-order valence-electron chi connectivity index (χ4n) is 2.78. The summed E-state index contributed by atoms with van der Waals surface area (Å²) in [4.78, 5) is 0. The molecule has 2 unspecified atom stereocenters. The summed E-state index contributed by atoms with van der Waals surface area (Å²) < 4.78 is 5.61. The van der Waals surface area contributed by atoms with Crippen molar-refractivity contribution in [2.75, 3.05) is 6.61 Å². The lowest BCUT2D eigenvalue weighted by Crippen LogP contribution is -1.90. The number of fused-ring (bicyclic) bond motifs is 1. The van der Waals surface area contributed by atoms with E-state index in [9.17, 15) is 0 Å². The van der Waals surface area contributed by atoms with Crippen molar-refractivity contribution in [3.8, 4) is 0 Å². The SMILES string of the molecule is CCCCOC=C1C2CCCCCCC12. The van der Waals surface area contributed by atoms with Gasteiger partial charge in [0.2, 0.25) is 0 Å². The molecule has 1 nitrogen and oxygen atoms in total. The number of unbranched alkanes of at least 4 members (excludes halogenated alkanes) is 1. The normalized spacial score (nSPS) is 30.1. The molecule has 0 saturated heterocycles. The zero-order valence-corrected chi connectivity index (χ0v) is 10.0. The predicted octanol–water partition coefficient (Wildman–Crippen LogP) is 4.29. The highest BCUT2D eigenvalue weighted by Crippen LogP contribution is 2.52. The molecule has 2 fully saturated rings.